The number of benzene rings is 1. The van der Waals surface area contributed by atoms with Gasteiger partial charge in [-0.05, 0) is 30.2 Å². The molecule has 0 bridgehead atoms. The fourth-order valence-corrected chi connectivity index (χ4v) is 4.66. The molecule has 0 spiro atoms. The van der Waals surface area contributed by atoms with Crippen molar-refractivity contribution in [1.29, 1.82) is 0 Å². The van der Waals surface area contributed by atoms with Gasteiger partial charge in [0.25, 0.3) is 0 Å². The number of hydrogen-bond donors (Lipinski definition) is 0. The molecule has 1 aromatic carbocycles. The number of piperidine rings is 1. The van der Waals surface area contributed by atoms with Gasteiger partial charge in [-0.2, -0.15) is 0 Å². The molecule has 4 rings (SSSR count). The lowest BCUT2D eigenvalue weighted by molar-refractivity contribution is -0.145. The number of fused-ring (bicyclic) bond motifs is 1. The summed E-state index contributed by atoms with van der Waals surface area (Å²) in [4.78, 5) is 53.4. The molecule has 0 radical (unpaired) electrons. The van der Waals surface area contributed by atoms with Crippen molar-refractivity contribution in [1.82, 2.24) is 14.7 Å². The molecule has 2 heterocycles. The van der Waals surface area contributed by atoms with Crippen LogP contribution in [0.25, 0.3) is 0 Å². The normalized spacial score (nSPS) is 25.3. The fraction of sp³-hybridized carbons (Fsp3) is 0.524. The molecule has 1 aromatic rings. The van der Waals surface area contributed by atoms with Crippen LogP contribution in [0.4, 0.5) is 4.79 Å². The average Bonchev–Trinajstić information content (AvgIpc) is 2.92. The van der Waals surface area contributed by atoms with E-state index >= 15 is 0 Å². The summed E-state index contributed by atoms with van der Waals surface area (Å²) in [6.07, 6.45) is 5.83. The first-order valence-corrected chi connectivity index (χ1v) is 10.0. The van der Waals surface area contributed by atoms with Crippen LogP contribution >= 0.6 is 0 Å². The molecule has 5 amide bonds. The van der Waals surface area contributed by atoms with Crippen LogP contribution in [-0.4, -0.2) is 58.1 Å². The summed E-state index contributed by atoms with van der Waals surface area (Å²) in [6.45, 7) is 1.04. The maximum absolute atomic E-state index is 12.7. The van der Waals surface area contributed by atoms with Gasteiger partial charge in [-0.25, -0.2) is 9.69 Å². The Morgan fingerprint density at radius 1 is 0.893 bits per heavy atom. The molecule has 2 atom stereocenters. The smallest absolute Gasteiger partial charge is 0.335 e. The Kier molecular flexibility index (Phi) is 5.15. The Hall–Kier alpha value is -2.70. The summed E-state index contributed by atoms with van der Waals surface area (Å²) in [5, 5.41) is 0. The van der Waals surface area contributed by atoms with Gasteiger partial charge in [0.05, 0.1) is 6.54 Å². The highest BCUT2D eigenvalue weighted by Gasteiger charge is 2.46. The van der Waals surface area contributed by atoms with Crippen molar-refractivity contribution in [2.24, 2.45) is 11.8 Å². The highest BCUT2D eigenvalue weighted by atomic mass is 16.2. The molecule has 28 heavy (non-hydrogen) atoms. The summed E-state index contributed by atoms with van der Waals surface area (Å²) in [7, 11) is 0. The van der Waals surface area contributed by atoms with E-state index in [2.05, 4.69) is 0 Å². The van der Waals surface area contributed by atoms with Crippen LogP contribution in [0, 0.1) is 11.8 Å². The van der Waals surface area contributed by atoms with Gasteiger partial charge in [-0.1, -0.05) is 49.6 Å². The van der Waals surface area contributed by atoms with E-state index in [9.17, 15) is 19.2 Å². The number of imide groups is 2. The van der Waals surface area contributed by atoms with E-state index in [0.717, 1.165) is 28.2 Å². The van der Waals surface area contributed by atoms with E-state index in [1.54, 1.807) is 29.2 Å². The van der Waals surface area contributed by atoms with Gasteiger partial charge >= 0.3 is 17.8 Å². The van der Waals surface area contributed by atoms with Crippen molar-refractivity contribution in [2.75, 3.05) is 19.6 Å². The van der Waals surface area contributed by atoms with Crippen LogP contribution in [0.1, 0.15) is 37.7 Å². The first-order valence-electron chi connectivity index (χ1n) is 10.0. The number of nitrogens with zero attached hydrogens (tertiary/aromatic N) is 3. The summed E-state index contributed by atoms with van der Waals surface area (Å²) in [6, 6.07) is 8.31. The minimum atomic E-state index is -0.915. The molecule has 0 aromatic heterocycles. The van der Waals surface area contributed by atoms with E-state index in [-0.39, 0.29) is 19.0 Å². The summed E-state index contributed by atoms with van der Waals surface area (Å²) >= 11 is 0. The second kappa shape index (κ2) is 7.73. The third-order valence-corrected chi connectivity index (χ3v) is 6.26. The maximum Gasteiger partial charge on any atom is 0.335 e. The Morgan fingerprint density at radius 2 is 1.57 bits per heavy atom. The lowest BCUT2D eigenvalue weighted by Gasteiger charge is -2.41. The second-order valence-electron chi connectivity index (χ2n) is 7.98. The number of carbonyl (C=O) groups is 4. The standard InChI is InChI=1S/C21H25N3O4/c25-18(22-11-10-16-8-4-5-9-17(16)13-22)14-24-20(27)19(26)23(21(24)28)12-15-6-2-1-3-7-15/h1-3,6-7,16-17H,4-5,8-14H2/t16-,17+/m0/s1. The maximum atomic E-state index is 12.7. The van der Waals surface area contributed by atoms with Crippen LogP contribution < -0.4 is 0 Å². The summed E-state index contributed by atoms with van der Waals surface area (Å²) in [5.74, 6) is -0.821. The van der Waals surface area contributed by atoms with Crippen LogP contribution in [0.3, 0.4) is 0 Å². The third kappa shape index (κ3) is 3.53. The van der Waals surface area contributed by atoms with Crippen molar-refractivity contribution in [3.05, 3.63) is 35.9 Å². The number of carbonyl (C=O) groups excluding carboxylic acids is 4. The van der Waals surface area contributed by atoms with Gasteiger partial charge in [-0.3, -0.25) is 19.3 Å². The number of urea groups is 1. The van der Waals surface area contributed by atoms with Crippen molar-refractivity contribution >= 4 is 23.8 Å². The molecule has 7 heteroatoms. The van der Waals surface area contributed by atoms with Gasteiger partial charge in [-0.15, -0.1) is 0 Å². The van der Waals surface area contributed by atoms with Crippen molar-refractivity contribution < 1.29 is 19.2 Å². The number of rotatable bonds is 4. The first-order chi connectivity index (χ1) is 13.5. The second-order valence-corrected chi connectivity index (χ2v) is 7.98. The zero-order valence-electron chi connectivity index (χ0n) is 15.9. The van der Waals surface area contributed by atoms with Crippen LogP contribution in [0.15, 0.2) is 30.3 Å². The summed E-state index contributed by atoms with van der Waals surface area (Å²) < 4.78 is 0. The zero-order valence-corrected chi connectivity index (χ0v) is 15.9. The minimum absolute atomic E-state index is 0.0302. The Morgan fingerprint density at radius 3 is 2.32 bits per heavy atom. The Bertz CT molecular complexity index is 794. The van der Waals surface area contributed by atoms with E-state index in [1.165, 1.54) is 19.3 Å². The largest absolute Gasteiger partial charge is 0.341 e. The molecule has 7 nitrogen and oxygen atoms in total. The zero-order chi connectivity index (χ0) is 19.7. The van der Waals surface area contributed by atoms with Gasteiger partial charge in [0, 0.05) is 13.1 Å². The molecule has 148 valence electrons. The summed E-state index contributed by atoms with van der Waals surface area (Å²) in [5.41, 5.74) is 0.754. The molecule has 3 aliphatic rings. The first kappa shape index (κ1) is 18.7. The average molecular weight is 383 g/mol. The van der Waals surface area contributed by atoms with Gasteiger partial charge in [0.15, 0.2) is 0 Å². The number of amides is 5. The van der Waals surface area contributed by atoms with E-state index in [0.29, 0.717) is 24.9 Å². The topological polar surface area (TPSA) is 78.0 Å². The van der Waals surface area contributed by atoms with Crippen LogP contribution in [-0.2, 0) is 20.9 Å². The molecule has 3 fully saturated rings. The molecular formula is C21H25N3O4. The highest BCUT2D eigenvalue weighted by molar-refractivity contribution is 6.44. The Balaban J connectivity index is 1.40. The molecule has 0 unspecified atom stereocenters. The van der Waals surface area contributed by atoms with E-state index < -0.39 is 17.8 Å². The lowest BCUT2D eigenvalue weighted by Crippen LogP contribution is -2.49. The molecule has 1 saturated carbocycles. The van der Waals surface area contributed by atoms with Crippen molar-refractivity contribution in [3.63, 3.8) is 0 Å². The lowest BCUT2D eigenvalue weighted by atomic mass is 9.75. The van der Waals surface area contributed by atoms with E-state index in [1.807, 2.05) is 6.07 Å². The molecule has 2 saturated heterocycles. The number of hydrogen-bond acceptors (Lipinski definition) is 4. The van der Waals surface area contributed by atoms with Crippen molar-refractivity contribution in [2.45, 2.75) is 38.6 Å². The predicted octanol–water partition coefficient (Wildman–Crippen LogP) is 2.02. The van der Waals surface area contributed by atoms with Gasteiger partial charge in [0.1, 0.15) is 6.54 Å². The quantitative estimate of drug-likeness (QED) is 0.589. The van der Waals surface area contributed by atoms with Crippen molar-refractivity contribution in [3.8, 4) is 0 Å². The van der Waals surface area contributed by atoms with Gasteiger partial charge in [0.2, 0.25) is 5.91 Å². The third-order valence-electron chi connectivity index (χ3n) is 6.26. The molecule has 0 N–H and O–H groups in total. The molecule has 2 aliphatic heterocycles. The minimum Gasteiger partial charge on any atom is -0.341 e. The molecule has 1 aliphatic carbocycles. The Labute approximate surface area is 164 Å². The molecular weight excluding hydrogens is 358 g/mol. The van der Waals surface area contributed by atoms with Gasteiger partial charge < -0.3 is 4.90 Å². The van der Waals surface area contributed by atoms with E-state index in [4.69, 9.17) is 0 Å². The predicted molar refractivity (Wildman–Crippen MR) is 101 cm³/mol. The highest BCUT2D eigenvalue weighted by Crippen LogP contribution is 2.36. The number of likely N-dealkylation sites (tertiary alicyclic amines) is 1. The van der Waals surface area contributed by atoms with Crippen LogP contribution in [0.5, 0.6) is 0 Å². The van der Waals surface area contributed by atoms with Crippen LogP contribution in [0.2, 0.25) is 0 Å². The SMILES string of the molecule is O=C(CN1C(=O)C(=O)N(Cc2ccccc2)C1=O)N1CC[C@@H]2CCCC[C@@H]2C1. The fourth-order valence-electron chi connectivity index (χ4n) is 4.66. The monoisotopic (exact) mass is 383 g/mol.